The van der Waals surface area contributed by atoms with Gasteiger partial charge in [0.15, 0.2) is 0 Å². The molecule has 162 valence electrons. The fourth-order valence-electron chi connectivity index (χ4n) is 3.48. The Balaban J connectivity index is 1.70. The normalized spacial score (nSPS) is 19.1. The number of fused-ring (bicyclic) bond motifs is 1. The zero-order valence-corrected chi connectivity index (χ0v) is 17.7. The summed E-state index contributed by atoms with van der Waals surface area (Å²) in [7, 11) is -3.20. The van der Waals surface area contributed by atoms with E-state index in [0.29, 0.717) is 5.69 Å². The van der Waals surface area contributed by atoms with E-state index in [1.54, 1.807) is 19.9 Å². The number of imide groups is 2. The number of amides is 4. The molecule has 1 saturated heterocycles. The van der Waals surface area contributed by atoms with Gasteiger partial charge in [0, 0.05) is 18.7 Å². The first-order valence-corrected chi connectivity index (χ1v) is 11.5. The molecule has 2 aliphatic heterocycles. The molecule has 2 heterocycles. The first-order valence-electron chi connectivity index (χ1n) is 9.77. The third-order valence-electron chi connectivity index (χ3n) is 4.81. The Bertz CT molecular complexity index is 923. The molecule has 11 heteroatoms. The number of rotatable bonds is 9. The van der Waals surface area contributed by atoms with Gasteiger partial charge in [-0.15, -0.1) is 0 Å². The molecule has 1 fully saturated rings. The van der Waals surface area contributed by atoms with Crippen LogP contribution in [0.15, 0.2) is 18.2 Å². The van der Waals surface area contributed by atoms with Crippen LogP contribution in [0.2, 0.25) is 0 Å². The van der Waals surface area contributed by atoms with Crippen LogP contribution in [0, 0.1) is 0 Å². The standard InChI is InChI=1S/C19H24N3O7P/c1-3-28-30(27,29-4-2)10-9-20-12-5-6-13-14(11-12)19(26)22(18(13)25)15-7-8-16(23)21-17(15)24/h5-6,11,15,20H,3-4,7-10H2,1-2H3,(H,21,23,24). The summed E-state index contributed by atoms with van der Waals surface area (Å²) in [6, 6.07) is 3.65. The van der Waals surface area contributed by atoms with E-state index in [1.165, 1.54) is 12.1 Å². The smallest absolute Gasteiger partial charge is 0.332 e. The summed E-state index contributed by atoms with van der Waals surface area (Å²) in [5.41, 5.74) is 0.927. The Morgan fingerprint density at radius 2 is 1.77 bits per heavy atom. The van der Waals surface area contributed by atoms with Crippen molar-refractivity contribution >= 4 is 36.9 Å². The highest BCUT2D eigenvalue weighted by Crippen LogP contribution is 2.47. The Morgan fingerprint density at radius 3 is 2.40 bits per heavy atom. The maximum atomic E-state index is 12.8. The highest BCUT2D eigenvalue weighted by atomic mass is 31.2. The molecule has 1 unspecified atom stereocenters. The second-order valence-electron chi connectivity index (χ2n) is 6.80. The van der Waals surface area contributed by atoms with E-state index in [4.69, 9.17) is 9.05 Å². The molecule has 0 saturated carbocycles. The largest absolute Gasteiger partial charge is 0.384 e. The van der Waals surface area contributed by atoms with E-state index >= 15 is 0 Å². The highest BCUT2D eigenvalue weighted by Gasteiger charge is 2.44. The Hall–Kier alpha value is -2.55. The van der Waals surface area contributed by atoms with Gasteiger partial charge in [0.05, 0.1) is 30.5 Å². The highest BCUT2D eigenvalue weighted by molar-refractivity contribution is 7.53. The number of hydrogen-bond acceptors (Lipinski definition) is 8. The monoisotopic (exact) mass is 437 g/mol. The molecule has 0 aliphatic carbocycles. The van der Waals surface area contributed by atoms with Crippen LogP contribution in [0.5, 0.6) is 0 Å². The van der Waals surface area contributed by atoms with E-state index in [0.717, 1.165) is 4.90 Å². The van der Waals surface area contributed by atoms with Gasteiger partial charge in [-0.2, -0.15) is 0 Å². The van der Waals surface area contributed by atoms with Gasteiger partial charge in [-0.05, 0) is 38.5 Å². The van der Waals surface area contributed by atoms with Gasteiger partial charge in [0.2, 0.25) is 11.8 Å². The van der Waals surface area contributed by atoms with Crippen LogP contribution in [0.3, 0.4) is 0 Å². The SMILES string of the molecule is CCOP(=O)(CCNc1ccc2c(c1)C(=O)N(C1CCC(=O)NC1=O)C2=O)OCC. The molecule has 2 aliphatic rings. The van der Waals surface area contributed by atoms with Gasteiger partial charge >= 0.3 is 7.60 Å². The van der Waals surface area contributed by atoms with E-state index in [2.05, 4.69) is 10.6 Å². The average Bonchev–Trinajstić information content (AvgIpc) is 2.93. The van der Waals surface area contributed by atoms with Gasteiger partial charge in [-0.3, -0.25) is 34.0 Å². The van der Waals surface area contributed by atoms with Crippen LogP contribution in [0.25, 0.3) is 0 Å². The maximum Gasteiger partial charge on any atom is 0.332 e. The third-order valence-corrected chi connectivity index (χ3v) is 6.88. The molecule has 1 aromatic carbocycles. The van der Waals surface area contributed by atoms with Crippen LogP contribution in [0.1, 0.15) is 47.4 Å². The molecule has 0 radical (unpaired) electrons. The number of anilines is 1. The lowest BCUT2D eigenvalue weighted by Gasteiger charge is -2.27. The summed E-state index contributed by atoms with van der Waals surface area (Å²) in [5, 5.41) is 5.21. The van der Waals surface area contributed by atoms with Crippen molar-refractivity contribution in [2.75, 3.05) is 31.2 Å². The lowest BCUT2D eigenvalue weighted by molar-refractivity contribution is -0.136. The second-order valence-corrected chi connectivity index (χ2v) is 8.99. The van der Waals surface area contributed by atoms with Crippen molar-refractivity contribution in [3.05, 3.63) is 29.3 Å². The van der Waals surface area contributed by atoms with Crippen LogP contribution in [-0.4, -0.2) is 60.5 Å². The predicted molar refractivity (Wildman–Crippen MR) is 107 cm³/mol. The summed E-state index contributed by atoms with van der Waals surface area (Å²) in [6.07, 6.45) is 0.308. The molecule has 10 nitrogen and oxygen atoms in total. The summed E-state index contributed by atoms with van der Waals surface area (Å²) in [5.74, 6) is -2.21. The molecular weight excluding hydrogens is 413 g/mol. The minimum Gasteiger partial charge on any atom is -0.384 e. The number of benzene rings is 1. The predicted octanol–water partition coefficient (Wildman–Crippen LogP) is 1.77. The number of carbonyl (C=O) groups is 4. The molecule has 4 amide bonds. The second kappa shape index (κ2) is 9.07. The van der Waals surface area contributed by atoms with Gasteiger partial charge in [-0.25, -0.2) is 0 Å². The average molecular weight is 437 g/mol. The van der Waals surface area contributed by atoms with Crippen LogP contribution in [-0.2, 0) is 23.2 Å². The summed E-state index contributed by atoms with van der Waals surface area (Å²) < 4.78 is 23.0. The van der Waals surface area contributed by atoms with E-state index in [1.807, 2.05) is 0 Å². The van der Waals surface area contributed by atoms with Gasteiger partial charge in [-0.1, -0.05) is 0 Å². The number of nitrogens with zero attached hydrogens (tertiary/aromatic N) is 1. The number of piperidine rings is 1. The molecule has 30 heavy (non-hydrogen) atoms. The number of nitrogens with one attached hydrogen (secondary N) is 2. The van der Waals surface area contributed by atoms with Gasteiger partial charge in [0.1, 0.15) is 6.04 Å². The van der Waals surface area contributed by atoms with Crippen molar-refractivity contribution in [2.45, 2.75) is 32.7 Å². The fraction of sp³-hybridized carbons (Fsp3) is 0.474. The van der Waals surface area contributed by atoms with Crippen molar-refractivity contribution in [1.82, 2.24) is 10.2 Å². The first-order chi connectivity index (χ1) is 14.3. The Labute approximate surface area is 173 Å². The minimum absolute atomic E-state index is 0.0658. The first kappa shape index (κ1) is 22.1. The molecule has 2 N–H and O–H groups in total. The Kier molecular flexibility index (Phi) is 6.70. The third kappa shape index (κ3) is 4.45. The molecule has 0 aromatic heterocycles. The molecular formula is C19H24N3O7P. The molecule has 3 rings (SSSR count). The van der Waals surface area contributed by atoms with Gasteiger partial charge < -0.3 is 14.4 Å². The fourth-order valence-corrected chi connectivity index (χ4v) is 4.98. The zero-order chi connectivity index (χ0) is 21.9. The van der Waals surface area contributed by atoms with Crippen molar-refractivity contribution in [3.8, 4) is 0 Å². The lowest BCUT2D eigenvalue weighted by atomic mass is 10.0. The number of hydrogen-bond donors (Lipinski definition) is 2. The molecule has 0 spiro atoms. The summed E-state index contributed by atoms with van der Waals surface area (Å²) >= 11 is 0. The van der Waals surface area contributed by atoms with Crippen molar-refractivity contribution in [1.29, 1.82) is 0 Å². The number of carbonyl (C=O) groups excluding carboxylic acids is 4. The molecule has 1 aromatic rings. The quantitative estimate of drug-likeness (QED) is 0.441. The van der Waals surface area contributed by atoms with Crippen molar-refractivity contribution in [2.24, 2.45) is 0 Å². The minimum atomic E-state index is -3.20. The van der Waals surface area contributed by atoms with Crippen LogP contribution < -0.4 is 10.6 Å². The zero-order valence-electron chi connectivity index (χ0n) is 16.8. The summed E-state index contributed by atoms with van der Waals surface area (Å²) in [4.78, 5) is 49.9. The van der Waals surface area contributed by atoms with Crippen LogP contribution in [0.4, 0.5) is 5.69 Å². The van der Waals surface area contributed by atoms with Crippen molar-refractivity contribution in [3.63, 3.8) is 0 Å². The van der Waals surface area contributed by atoms with Crippen LogP contribution >= 0.6 is 7.60 Å². The Morgan fingerprint density at radius 1 is 1.10 bits per heavy atom. The van der Waals surface area contributed by atoms with Gasteiger partial charge in [0.25, 0.3) is 11.8 Å². The van der Waals surface area contributed by atoms with E-state index in [-0.39, 0.29) is 49.9 Å². The van der Waals surface area contributed by atoms with E-state index in [9.17, 15) is 23.7 Å². The van der Waals surface area contributed by atoms with Crippen molar-refractivity contribution < 1.29 is 32.8 Å². The summed E-state index contributed by atoms with van der Waals surface area (Å²) in [6.45, 7) is 4.27. The topological polar surface area (TPSA) is 131 Å². The maximum absolute atomic E-state index is 12.8. The van der Waals surface area contributed by atoms with E-state index < -0.39 is 37.3 Å². The molecule has 1 atom stereocenters. The lowest BCUT2D eigenvalue weighted by Crippen LogP contribution is -2.54. The molecule has 0 bridgehead atoms.